The normalized spacial score (nSPS) is 19.2. The van der Waals surface area contributed by atoms with Crippen molar-refractivity contribution in [2.45, 2.75) is 38.6 Å². The van der Waals surface area contributed by atoms with E-state index < -0.39 is 0 Å². The Bertz CT molecular complexity index is 706. The Labute approximate surface area is 164 Å². The molecule has 0 aliphatic carbocycles. The van der Waals surface area contributed by atoms with Crippen molar-refractivity contribution < 1.29 is 0 Å². The van der Waals surface area contributed by atoms with E-state index in [2.05, 4.69) is 76.5 Å². The van der Waals surface area contributed by atoms with E-state index in [4.69, 9.17) is 0 Å². The van der Waals surface area contributed by atoms with Gasteiger partial charge in [0.1, 0.15) is 0 Å². The van der Waals surface area contributed by atoms with Crippen LogP contribution in [0, 0.1) is 5.92 Å². The highest BCUT2D eigenvalue weighted by Gasteiger charge is 2.18. The lowest BCUT2D eigenvalue weighted by Gasteiger charge is -2.31. The van der Waals surface area contributed by atoms with Crippen molar-refractivity contribution in [2.24, 2.45) is 5.92 Å². The maximum Gasteiger partial charge on any atom is 0.0366 e. The van der Waals surface area contributed by atoms with Crippen molar-refractivity contribution in [3.63, 3.8) is 0 Å². The predicted molar refractivity (Wildman–Crippen MR) is 116 cm³/mol. The third kappa shape index (κ3) is 5.23. The lowest BCUT2D eigenvalue weighted by molar-refractivity contribution is 0.178. The largest absolute Gasteiger partial charge is 0.372 e. The molecule has 142 valence electrons. The molecule has 27 heavy (non-hydrogen) atoms. The number of hydrogen-bond donors (Lipinski definition) is 0. The predicted octanol–water partition coefficient (Wildman–Crippen LogP) is 5.60. The fraction of sp³-hybridized carbons (Fsp3) is 0.440. The van der Waals surface area contributed by atoms with Crippen LogP contribution < -0.4 is 4.90 Å². The van der Waals surface area contributed by atoms with Crippen LogP contribution in [0.3, 0.4) is 0 Å². The van der Waals surface area contributed by atoms with Gasteiger partial charge in [-0.05, 0) is 74.4 Å². The quantitative estimate of drug-likeness (QED) is 0.661. The molecule has 2 nitrogen and oxygen atoms in total. The molecule has 2 aromatic carbocycles. The molecule has 0 radical (unpaired) electrons. The number of nitrogens with zero attached hydrogens (tertiary/aromatic N) is 2. The molecule has 2 heterocycles. The Morgan fingerprint density at radius 1 is 0.815 bits per heavy atom. The molecule has 2 fully saturated rings. The summed E-state index contributed by atoms with van der Waals surface area (Å²) >= 11 is 0. The maximum absolute atomic E-state index is 2.60. The van der Waals surface area contributed by atoms with E-state index in [0.717, 1.165) is 12.5 Å². The molecule has 0 amide bonds. The van der Waals surface area contributed by atoms with E-state index in [1.165, 1.54) is 75.1 Å². The van der Waals surface area contributed by atoms with E-state index in [-0.39, 0.29) is 0 Å². The van der Waals surface area contributed by atoms with Crippen LogP contribution in [-0.4, -0.2) is 31.1 Å². The number of anilines is 1. The van der Waals surface area contributed by atoms with Gasteiger partial charge in [0, 0.05) is 25.3 Å². The first-order valence-electron chi connectivity index (χ1n) is 10.6. The fourth-order valence-corrected chi connectivity index (χ4v) is 4.39. The molecule has 2 heteroatoms. The summed E-state index contributed by atoms with van der Waals surface area (Å²) in [5.74, 6) is 0.845. The van der Waals surface area contributed by atoms with Crippen LogP contribution in [0.15, 0.2) is 60.7 Å². The van der Waals surface area contributed by atoms with Crippen LogP contribution in [0.5, 0.6) is 0 Å². The van der Waals surface area contributed by atoms with Crippen molar-refractivity contribution in [1.82, 2.24) is 4.90 Å². The summed E-state index contributed by atoms with van der Waals surface area (Å²) in [5.41, 5.74) is 4.16. The van der Waals surface area contributed by atoms with Gasteiger partial charge in [-0.1, -0.05) is 54.6 Å². The zero-order valence-electron chi connectivity index (χ0n) is 16.4. The maximum atomic E-state index is 2.60. The minimum atomic E-state index is 0.845. The first-order valence-corrected chi connectivity index (χ1v) is 10.6. The molecule has 2 aliphatic rings. The highest BCUT2D eigenvalue weighted by atomic mass is 15.1. The monoisotopic (exact) mass is 360 g/mol. The number of piperidine rings is 1. The molecular weight excluding hydrogens is 328 g/mol. The summed E-state index contributed by atoms with van der Waals surface area (Å²) in [6.45, 7) is 6.01. The van der Waals surface area contributed by atoms with Gasteiger partial charge in [0.05, 0.1) is 0 Å². The third-order valence-electron chi connectivity index (χ3n) is 6.10. The molecule has 0 bridgehead atoms. The summed E-state index contributed by atoms with van der Waals surface area (Å²) in [5, 5.41) is 0. The van der Waals surface area contributed by atoms with E-state index in [1.54, 1.807) is 0 Å². The van der Waals surface area contributed by atoms with Crippen LogP contribution in [0.4, 0.5) is 5.69 Å². The van der Waals surface area contributed by atoms with Crippen LogP contribution in [0.25, 0.3) is 6.08 Å². The lowest BCUT2D eigenvalue weighted by atomic mass is 9.93. The van der Waals surface area contributed by atoms with E-state index in [9.17, 15) is 0 Å². The smallest absolute Gasteiger partial charge is 0.0366 e. The topological polar surface area (TPSA) is 6.48 Å². The van der Waals surface area contributed by atoms with Crippen molar-refractivity contribution in [1.29, 1.82) is 0 Å². The number of hydrogen-bond acceptors (Lipinski definition) is 2. The van der Waals surface area contributed by atoms with Crippen molar-refractivity contribution >= 4 is 11.8 Å². The van der Waals surface area contributed by atoms with Crippen molar-refractivity contribution in [3.05, 3.63) is 71.8 Å². The summed E-state index contributed by atoms with van der Waals surface area (Å²) in [6, 6.07) is 20.0. The third-order valence-corrected chi connectivity index (χ3v) is 6.10. The zero-order valence-corrected chi connectivity index (χ0v) is 16.4. The summed E-state index contributed by atoms with van der Waals surface area (Å²) in [7, 11) is 0. The van der Waals surface area contributed by atoms with Gasteiger partial charge in [0.2, 0.25) is 0 Å². The highest BCUT2D eigenvalue weighted by molar-refractivity contribution is 5.56. The van der Waals surface area contributed by atoms with Gasteiger partial charge in [0.15, 0.2) is 0 Å². The van der Waals surface area contributed by atoms with Gasteiger partial charge in [-0.2, -0.15) is 0 Å². The number of benzene rings is 2. The molecule has 0 saturated carbocycles. The average molecular weight is 361 g/mol. The fourth-order valence-electron chi connectivity index (χ4n) is 4.39. The number of likely N-dealkylation sites (tertiary alicyclic amines) is 1. The first kappa shape index (κ1) is 18.3. The summed E-state index contributed by atoms with van der Waals surface area (Å²) in [4.78, 5) is 5.10. The number of allylic oxidation sites excluding steroid dienone is 1. The second kappa shape index (κ2) is 9.23. The number of rotatable bonds is 6. The minimum Gasteiger partial charge on any atom is -0.372 e. The van der Waals surface area contributed by atoms with Crippen LogP contribution >= 0.6 is 0 Å². The van der Waals surface area contributed by atoms with Crippen molar-refractivity contribution in [2.75, 3.05) is 31.1 Å². The summed E-state index contributed by atoms with van der Waals surface area (Å²) in [6.07, 6.45) is 11.2. The van der Waals surface area contributed by atoms with Gasteiger partial charge >= 0.3 is 0 Å². The van der Waals surface area contributed by atoms with Gasteiger partial charge in [0.25, 0.3) is 0 Å². The molecule has 0 N–H and O–H groups in total. The van der Waals surface area contributed by atoms with Crippen molar-refractivity contribution in [3.8, 4) is 0 Å². The van der Waals surface area contributed by atoms with Gasteiger partial charge in [-0.25, -0.2) is 0 Å². The van der Waals surface area contributed by atoms with Crippen LogP contribution in [0.1, 0.15) is 43.2 Å². The van der Waals surface area contributed by atoms with Gasteiger partial charge in [-0.15, -0.1) is 0 Å². The first-order chi connectivity index (χ1) is 13.4. The lowest BCUT2D eigenvalue weighted by Crippen LogP contribution is -2.33. The van der Waals surface area contributed by atoms with E-state index in [0.29, 0.717) is 0 Å². The molecule has 0 aromatic heterocycles. The van der Waals surface area contributed by atoms with Gasteiger partial charge in [-0.3, -0.25) is 4.90 Å². The Balaban J connectivity index is 1.20. The Morgan fingerprint density at radius 3 is 2.22 bits per heavy atom. The van der Waals surface area contributed by atoms with E-state index in [1.807, 2.05) is 0 Å². The minimum absolute atomic E-state index is 0.845. The SMILES string of the molecule is C(=C\c1ccc(N2CCCC2)cc1)/CC1CCN(Cc2ccccc2)CC1. The second-order valence-corrected chi connectivity index (χ2v) is 8.13. The molecule has 2 aliphatic heterocycles. The molecule has 2 saturated heterocycles. The highest BCUT2D eigenvalue weighted by Crippen LogP contribution is 2.24. The van der Waals surface area contributed by atoms with E-state index >= 15 is 0 Å². The van der Waals surface area contributed by atoms with Crippen LogP contribution in [-0.2, 0) is 6.54 Å². The molecule has 0 spiro atoms. The Kier molecular flexibility index (Phi) is 6.26. The summed E-state index contributed by atoms with van der Waals surface area (Å²) < 4.78 is 0. The van der Waals surface area contributed by atoms with Gasteiger partial charge < -0.3 is 4.90 Å². The Hall–Kier alpha value is -2.06. The second-order valence-electron chi connectivity index (χ2n) is 8.13. The molecule has 4 rings (SSSR count). The standard InChI is InChI=1S/C25H32N2/c1-2-7-24(8-3-1)21-26-19-15-23(16-20-26)10-6-9-22-11-13-25(14-12-22)27-17-4-5-18-27/h1-3,6-9,11-14,23H,4-5,10,15-21H2/b9-6+. The zero-order chi connectivity index (χ0) is 18.3. The molecular formula is C25H32N2. The molecule has 0 unspecified atom stereocenters. The Morgan fingerprint density at radius 2 is 1.52 bits per heavy atom. The average Bonchev–Trinajstić information content (AvgIpc) is 3.26. The molecule has 0 atom stereocenters. The van der Waals surface area contributed by atoms with Crippen LogP contribution in [0.2, 0.25) is 0 Å². The molecule has 2 aromatic rings.